The Hall–Kier alpha value is -2.03. The van der Waals surface area contributed by atoms with Gasteiger partial charge in [0.15, 0.2) is 5.82 Å². The Morgan fingerprint density at radius 1 is 1.03 bits per heavy atom. The summed E-state index contributed by atoms with van der Waals surface area (Å²) in [5.74, 6) is 1.56. The molecule has 1 aliphatic carbocycles. The second-order valence-electron chi connectivity index (χ2n) is 9.07. The third kappa shape index (κ3) is 3.84. The second kappa shape index (κ2) is 8.61. The molecule has 5 rings (SSSR count). The van der Waals surface area contributed by atoms with Gasteiger partial charge in [-0.15, -0.1) is 5.10 Å². The second-order valence-corrected chi connectivity index (χ2v) is 9.07. The van der Waals surface area contributed by atoms with Crippen molar-refractivity contribution in [2.75, 3.05) is 38.8 Å². The standard InChI is InChI=1S/C22H32N6O2/c1-27(2)17-10-8-16(9-11-17)22-24-25-26-28(22)19-14-30-20-18(13-29-21(19)20)23-12-15-6-4-3-5-7-15/h8-11,15,18-21,23H,3-7,12-14H2,1-2H3/t18-,19+,20-,21+/m0/s1. The van der Waals surface area contributed by atoms with Gasteiger partial charge >= 0.3 is 0 Å². The molecule has 8 heteroatoms. The van der Waals surface area contributed by atoms with Crippen molar-refractivity contribution in [1.82, 2.24) is 25.5 Å². The molecule has 0 spiro atoms. The van der Waals surface area contributed by atoms with E-state index < -0.39 is 0 Å². The number of ether oxygens (including phenoxy) is 2. The first-order chi connectivity index (χ1) is 14.7. The largest absolute Gasteiger partial charge is 0.378 e. The number of nitrogens with one attached hydrogen (secondary N) is 1. The first kappa shape index (κ1) is 19.9. The molecule has 1 N–H and O–H groups in total. The molecule has 1 aromatic carbocycles. The van der Waals surface area contributed by atoms with Gasteiger partial charge in [0.2, 0.25) is 0 Å². The molecule has 1 saturated carbocycles. The average Bonchev–Trinajstić information content (AvgIpc) is 3.50. The van der Waals surface area contributed by atoms with E-state index in [1.807, 2.05) is 18.8 Å². The van der Waals surface area contributed by atoms with Gasteiger partial charge in [0.25, 0.3) is 0 Å². The van der Waals surface area contributed by atoms with Gasteiger partial charge in [0, 0.05) is 25.3 Å². The maximum absolute atomic E-state index is 6.20. The fourth-order valence-electron chi connectivity index (χ4n) is 5.09. The molecule has 8 nitrogen and oxygen atoms in total. The Labute approximate surface area is 177 Å². The number of aromatic nitrogens is 4. The summed E-state index contributed by atoms with van der Waals surface area (Å²) >= 11 is 0. The summed E-state index contributed by atoms with van der Waals surface area (Å²) in [7, 11) is 4.07. The number of tetrazole rings is 1. The Balaban J connectivity index is 1.26. The van der Waals surface area contributed by atoms with E-state index in [1.165, 1.54) is 32.1 Å². The summed E-state index contributed by atoms with van der Waals surface area (Å²) in [5.41, 5.74) is 2.15. The molecular weight excluding hydrogens is 380 g/mol. The zero-order valence-corrected chi connectivity index (χ0v) is 17.9. The smallest absolute Gasteiger partial charge is 0.182 e. The number of benzene rings is 1. The van der Waals surface area contributed by atoms with Crippen molar-refractivity contribution in [3.05, 3.63) is 24.3 Å². The number of nitrogens with zero attached hydrogens (tertiary/aromatic N) is 5. The van der Waals surface area contributed by atoms with E-state index >= 15 is 0 Å². The Morgan fingerprint density at radius 2 is 1.80 bits per heavy atom. The van der Waals surface area contributed by atoms with Gasteiger partial charge in [-0.3, -0.25) is 0 Å². The van der Waals surface area contributed by atoms with Crippen LogP contribution in [0.3, 0.4) is 0 Å². The van der Waals surface area contributed by atoms with Gasteiger partial charge in [-0.05, 0) is 60.0 Å². The van der Waals surface area contributed by atoms with Crippen molar-refractivity contribution < 1.29 is 9.47 Å². The monoisotopic (exact) mass is 412 g/mol. The van der Waals surface area contributed by atoms with E-state index in [4.69, 9.17) is 9.47 Å². The highest BCUT2D eigenvalue weighted by molar-refractivity contribution is 5.60. The minimum atomic E-state index is -0.0165. The van der Waals surface area contributed by atoms with Gasteiger partial charge in [-0.1, -0.05) is 19.3 Å². The molecule has 162 valence electrons. The topological polar surface area (TPSA) is 77.3 Å². The molecule has 3 heterocycles. The first-order valence-electron chi connectivity index (χ1n) is 11.2. The van der Waals surface area contributed by atoms with E-state index in [-0.39, 0.29) is 24.3 Å². The zero-order chi connectivity index (χ0) is 20.5. The van der Waals surface area contributed by atoms with Crippen molar-refractivity contribution in [3.63, 3.8) is 0 Å². The van der Waals surface area contributed by atoms with E-state index in [1.54, 1.807) is 0 Å². The summed E-state index contributed by atoms with van der Waals surface area (Å²) in [6, 6.07) is 8.54. The van der Waals surface area contributed by atoms with Gasteiger partial charge in [0.05, 0.1) is 19.3 Å². The number of rotatable bonds is 6. The molecule has 3 fully saturated rings. The van der Waals surface area contributed by atoms with Crippen LogP contribution in [-0.4, -0.2) is 72.3 Å². The highest BCUT2D eigenvalue weighted by Crippen LogP contribution is 2.36. The van der Waals surface area contributed by atoms with Crippen LogP contribution in [0.2, 0.25) is 0 Å². The quantitative estimate of drug-likeness (QED) is 0.780. The molecule has 0 bridgehead atoms. The van der Waals surface area contributed by atoms with Gasteiger partial charge < -0.3 is 19.7 Å². The van der Waals surface area contributed by atoms with Crippen LogP contribution in [0, 0.1) is 5.92 Å². The lowest BCUT2D eigenvalue weighted by molar-refractivity contribution is 0.0620. The minimum Gasteiger partial charge on any atom is -0.378 e. The lowest BCUT2D eigenvalue weighted by Gasteiger charge is -2.25. The van der Waals surface area contributed by atoms with Crippen LogP contribution in [0.1, 0.15) is 38.1 Å². The van der Waals surface area contributed by atoms with Crippen LogP contribution < -0.4 is 10.2 Å². The Morgan fingerprint density at radius 3 is 2.57 bits per heavy atom. The minimum absolute atomic E-state index is 0.00462. The molecule has 2 aliphatic heterocycles. The maximum atomic E-state index is 6.20. The number of fused-ring (bicyclic) bond motifs is 1. The van der Waals surface area contributed by atoms with Crippen LogP contribution in [-0.2, 0) is 9.47 Å². The van der Waals surface area contributed by atoms with Crippen LogP contribution in [0.15, 0.2) is 24.3 Å². The third-order valence-electron chi connectivity index (χ3n) is 6.87. The Kier molecular flexibility index (Phi) is 5.71. The maximum Gasteiger partial charge on any atom is 0.182 e. The van der Waals surface area contributed by atoms with E-state index in [0.29, 0.717) is 13.2 Å². The predicted molar refractivity (Wildman–Crippen MR) is 114 cm³/mol. The van der Waals surface area contributed by atoms with Gasteiger partial charge in [0.1, 0.15) is 18.2 Å². The lowest BCUT2D eigenvalue weighted by Crippen LogP contribution is -2.43. The summed E-state index contributed by atoms with van der Waals surface area (Å²) in [4.78, 5) is 2.08. The number of hydrogen-bond acceptors (Lipinski definition) is 7. The average molecular weight is 413 g/mol. The molecule has 2 aromatic rings. The highest BCUT2D eigenvalue weighted by atomic mass is 16.6. The van der Waals surface area contributed by atoms with Crippen molar-refractivity contribution in [2.24, 2.45) is 5.92 Å². The van der Waals surface area contributed by atoms with Gasteiger partial charge in [-0.2, -0.15) is 0 Å². The first-order valence-corrected chi connectivity index (χ1v) is 11.2. The fraction of sp³-hybridized carbons (Fsp3) is 0.682. The third-order valence-corrected chi connectivity index (χ3v) is 6.87. The molecular formula is C22H32N6O2. The van der Waals surface area contributed by atoms with Crippen molar-refractivity contribution in [1.29, 1.82) is 0 Å². The molecule has 3 aliphatic rings. The predicted octanol–water partition coefficient (Wildman–Crippen LogP) is 2.28. The van der Waals surface area contributed by atoms with Gasteiger partial charge in [-0.25, -0.2) is 4.68 Å². The highest BCUT2D eigenvalue weighted by Gasteiger charge is 2.49. The van der Waals surface area contributed by atoms with Crippen molar-refractivity contribution >= 4 is 5.69 Å². The summed E-state index contributed by atoms with van der Waals surface area (Å²) in [6.45, 7) is 2.33. The van der Waals surface area contributed by atoms with Crippen LogP contribution >= 0.6 is 0 Å². The summed E-state index contributed by atoms with van der Waals surface area (Å²) < 4.78 is 14.3. The van der Waals surface area contributed by atoms with Crippen molar-refractivity contribution in [3.8, 4) is 11.4 Å². The van der Waals surface area contributed by atoms with E-state index in [0.717, 1.165) is 29.5 Å². The van der Waals surface area contributed by atoms with Crippen LogP contribution in [0.25, 0.3) is 11.4 Å². The molecule has 0 amide bonds. The van der Waals surface area contributed by atoms with Crippen LogP contribution in [0.4, 0.5) is 5.69 Å². The Bertz CT molecular complexity index is 832. The lowest BCUT2D eigenvalue weighted by atomic mass is 9.89. The number of anilines is 1. The van der Waals surface area contributed by atoms with E-state index in [9.17, 15) is 0 Å². The number of hydrogen-bond donors (Lipinski definition) is 1. The molecule has 0 radical (unpaired) electrons. The summed E-state index contributed by atoms with van der Waals surface area (Å²) in [6.07, 6.45) is 6.87. The molecule has 2 saturated heterocycles. The van der Waals surface area contributed by atoms with E-state index in [2.05, 4.69) is 50.0 Å². The zero-order valence-electron chi connectivity index (χ0n) is 17.9. The van der Waals surface area contributed by atoms with Crippen LogP contribution in [0.5, 0.6) is 0 Å². The van der Waals surface area contributed by atoms with Crippen molar-refractivity contribution in [2.45, 2.75) is 56.4 Å². The molecule has 1 aromatic heterocycles. The molecule has 30 heavy (non-hydrogen) atoms. The molecule has 0 unspecified atom stereocenters. The summed E-state index contributed by atoms with van der Waals surface area (Å²) in [5, 5.41) is 16.3. The normalized spacial score (nSPS) is 29.3. The molecule has 4 atom stereocenters. The fourth-order valence-corrected chi connectivity index (χ4v) is 5.09. The SMILES string of the molecule is CN(C)c1ccc(-c2nnnn2[C@@H]2CO[C@@H]3[C@@H]2OC[C@@H]3NCC2CCCCC2)cc1.